The summed E-state index contributed by atoms with van der Waals surface area (Å²) in [4.78, 5) is 0. The molecule has 0 saturated heterocycles. The van der Waals surface area contributed by atoms with E-state index in [1.54, 1.807) is 6.07 Å². The number of halogens is 2. The summed E-state index contributed by atoms with van der Waals surface area (Å²) >= 11 is 5.91. The number of nitrogens with one attached hydrogen (secondary N) is 1. The smallest absolute Gasteiger partial charge is 0.144 e. The van der Waals surface area contributed by atoms with Crippen molar-refractivity contribution in [1.29, 1.82) is 0 Å². The fourth-order valence-electron chi connectivity index (χ4n) is 3.23. The minimum Gasteiger partial charge on any atom is -0.314 e. The Morgan fingerprint density at radius 1 is 1.25 bits per heavy atom. The molecule has 0 radical (unpaired) electrons. The van der Waals surface area contributed by atoms with Gasteiger partial charge in [0.05, 0.1) is 5.02 Å². The summed E-state index contributed by atoms with van der Waals surface area (Å²) in [7, 11) is 0. The lowest BCUT2D eigenvalue weighted by Gasteiger charge is -2.38. The van der Waals surface area contributed by atoms with Crippen molar-refractivity contribution in [2.45, 2.75) is 58.4 Å². The lowest BCUT2D eigenvalue weighted by atomic mass is 9.70. The van der Waals surface area contributed by atoms with Gasteiger partial charge in [0.2, 0.25) is 0 Å². The van der Waals surface area contributed by atoms with E-state index in [4.69, 9.17) is 11.6 Å². The Morgan fingerprint density at radius 3 is 2.60 bits per heavy atom. The second-order valence-corrected chi connectivity index (χ2v) is 6.89. The summed E-state index contributed by atoms with van der Waals surface area (Å²) in [5.74, 6) is -0.233. The van der Waals surface area contributed by atoms with Gasteiger partial charge in [-0.25, -0.2) is 4.39 Å². The van der Waals surface area contributed by atoms with Crippen LogP contribution in [0, 0.1) is 11.2 Å². The monoisotopic (exact) mass is 297 g/mol. The molecule has 0 amide bonds. The Labute approximate surface area is 126 Å². The highest BCUT2D eigenvalue weighted by molar-refractivity contribution is 6.30. The zero-order valence-electron chi connectivity index (χ0n) is 12.5. The van der Waals surface area contributed by atoms with E-state index in [0.29, 0.717) is 6.04 Å². The molecule has 20 heavy (non-hydrogen) atoms. The van der Waals surface area contributed by atoms with Crippen LogP contribution in [0.3, 0.4) is 0 Å². The molecular formula is C17H25ClFN. The van der Waals surface area contributed by atoms with Gasteiger partial charge in [-0.3, -0.25) is 0 Å². The van der Waals surface area contributed by atoms with E-state index in [9.17, 15) is 4.39 Å². The highest BCUT2D eigenvalue weighted by Gasteiger charge is 2.33. The van der Waals surface area contributed by atoms with Crippen molar-refractivity contribution in [1.82, 2.24) is 5.32 Å². The maximum atomic E-state index is 14.2. The first kappa shape index (κ1) is 15.8. The molecule has 2 rings (SSSR count). The summed E-state index contributed by atoms with van der Waals surface area (Å²) in [6.45, 7) is 5.30. The van der Waals surface area contributed by atoms with Gasteiger partial charge in [0, 0.05) is 12.6 Å². The van der Waals surface area contributed by atoms with E-state index < -0.39 is 0 Å². The predicted molar refractivity (Wildman–Crippen MR) is 83.8 cm³/mol. The highest BCUT2D eigenvalue weighted by Crippen LogP contribution is 2.39. The molecule has 112 valence electrons. The fraction of sp³-hybridized carbons (Fsp3) is 0.647. The first-order chi connectivity index (χ1) is 9.52. The molecule has 0 aromatic heterocycles. The zero-order chi connectivity index (χ0) is 14.6. The van der Waals surface area contributed by atoms with E-state index in [1.165, 1.54) is 32.1 Å². The topological polar surface area (TPSA) is 12.0 Å². The molecule has 0 aliphatic heterocycles. The minimum absolute atomic E-state index is 0.189. The maximum Gasteiger partial charge on any atom is 0.144 e. The Balaban J connectivity index is 2.16. The quantitative estimate of drug-likeness (QED) is 0.809. The van der Waals surface area contributed by atoms with Crippen LogP contribution in [0.4, 0.5) is 4.39 Å². The van der Waals surface area contributed by atoms with Crippen molar-refractivity contribution in [3.63, 3.8) is 0 Å². The Kier molecular flexibility index (Phi) is 5.45. The van der Waals surface area contributed by atoms with Crippen molar-refractivity contribution in [2.24, 2.45) is 5.41 Å². The number of rotatable bonds is 5. The fourth-order valence-corrected chi connectivity index (χ4v) is 3.42. The SMILES string of the molecule is CC(C)NCC1(Cc2cccc(Cl)c2F)CCCCC1. The summed E-state index contributed by atoms with van der Waals surface area (Å²) in [5, 5.41) is 3.80. The molecule has 0 heterocycles. The second-order valence-electron chi connectivity index (χ2n) is 6.49. The minimum atomic E-state index is -0.233. The largest absolute Gasteiger partial charge is 0.314 e. The summed E-state index contributed by atoms with van der Waals surface area (Å²) in [5.41, 5.74) is 0.957. The molecular weight excluding hydrogens is 273 g/mol. The molecule has 1 aromatic rings. The van der Waals surface area contributed by atoms with E-state index >= 15 is 0 Å². The standard InChI is InChI=1S/C17H25ClFN/c1-13(2)20-12-17(9-4-3-5-10-17)11-14-7-6-8-15(18)16(14)19/h6-8,13,20H,3-5,9-12H2,1-2H3. The van der Waals surface area contributed by atoms with E-state index in [-0.39, 0.29) is 16.3 Å². The second kappa shape index (κ2) is 6.91. The van der Waals surface area contributed by atoms with Gasteiger partial charge in [0.1, 0.15) is 5.82 Å². The average molecular weight is 298 g/mol. The van der Waals surface area contributed by atoms with Gasteiger partial charge >= 0.3 is 0 Å². The van der Waals surface area contributed by atoms with Gasteiger partial charge in [-0.05, 0) is 36.3 Å². The lowest BCUT2D eigenvalue weighted by Crippen LogP contribution is -2.40. The molecule has 1 aliphatic carbocycles. The highest BCUT2D eigenvalue weighted by atomic mass is 35.5. The number of hydrogen-bond acceptors (Lipinski definition) is 1. The first-order valence-electron chi connectivity index (χ1n) is 7.69. The normalized spacial score (nSPS) is 18.4. The summed E-state index contributed by atoms with van der Waals surface area (Å²) in [6, 6.07) is 5.83. The van der Waals surface area contributed by atoms with Crippen molar-refractivity contribution >= 4 is 11.6 Å². The molecule has 1 fully saturated rings. The first-order valence-corrected chi connectivity index (χ1v) is 8.06. The molecule has 1 saturated carbocycles. The Bertz CT molecular complexity index is 439. The predicted octanol–water partition coefficient (Wildman–Crippen LogP) is 4.97. The van der Waals surface area contributed by atoms with Gasteiger partial charge < -0.3 is 5.32 Å². The van der Waals surface area contributed by atoms with Crippen LogP contribution >= 0.6 is 11.6 Å². The van der Waals surface area contributed by atoms with Gasteiger partial charge in [-0.1, -0.05) is 56.8 Å². The average Bonchev–Trinajstić information content (AvgIpc) is 2.43. The third kappa shape index (κ3) is 3.95. The summed E-state index contributed by atoms with van der Waals surface area (Å²) in [6.07, 6.45) is 6.96. The van der Waals surface area contributed by atoms with Crippen molar-refractivity contribution in [2.75, 3.05) is 6.54 Å². The van der Waals surface area contributed by atoms with Crippen LogP contribution in [-0.2, 0) is 6.42 Å². The molecule has 3 heteroatoms. The third-order valence-electron chi connectivity index (χ3n) is 4.40. The van der Waals surface area contributed by atoms with Gasteiger partial charge in [0.15, 0.2) is 0 Å². The van der Waals surface area contributed by atoms with Crippen LogP contribution in [0.5, 0.6) is 0 Å². The molecule has 1 aromatic carbocycles. The van der Waals surface area contributed by atoms with Crippen molar-refractivity contribution < 1.29 is 4.39 Å². The molecule has 0 bridgehead atoms. The van der Waals surface area contributed by atoms with Gasteiger partial charge in [0.25, 0.3) is 0 Å². The van der Waals surface area contributed by atoms with E-state index in [1.807, 2.05) is 12.1 Å². The Morgan fingerprint density at radius 2 is 1.95 bits per heavy atom. The molecule has 1 aliphatic rings. The number of hydrogen-bond donors (Lipinski definition) is 1. The van der Waals surface area contributed by atoms with Crippen LogP contribution in [0.15, 0.2) is 18.2 Å². The number of benzene rings is 1. The summed E-state index contributed by atoms with van der Waals surface area (Å²) < 4.78 is 14.2. The lowest BCUT2D eigenvalue weighted by molar-refractivity contribution is 0.175. The van der Waals surface area contributed by atoms with Crippen molar-refractivity contribution in [3.05, 3.63) is 34.6 Å². The molecule has 0 spiro atoms. The van der Waals surface area contributed by atoms with Crippen molar-refractivity contribution in [3.8, 4) is 0 Å². The van der Waals surface area contributed by atoms with Gasteiger partial charge in [-0.2, -0.15) is 0 Å². The van der Waals surface area contributed by atoms with Crippen LogP contribution < -0.4 is 5.32 Å². The van der Waals surface area contributed by atoms with Crippen LogP contribution in [-0.4, -0.2) is 12.6 Å². The molecule has 1 nitrogen and oxygen atoms in total. The maximum absolute atomic E-state index is 14.2. The van der Waals surface area contributed by atoms with E-state index in [0.717, 1.165) is 18.5 Å². The van der Waals surface area contributed by atoms with Crippen LogP contribution in [0.25, 0.3) is 0 Å². The molecule has 0 atom stereocenters. The molecule has 0 unspecified atom stereocenters. The van der Waals surface area contributed by atoms with Crippen LogP contribution in [0.2, 0.25) is 5.02 Å². The van der Waals surface area contributed by atoms with Gasteiger partial charge in [-0.15, -0.1) is 0 Å². The third-order valence-corrected chi connectivity index (χ3v) is 4.69. The van der Waals surface area contributed by atoms with Crippen LogP contribution in [0.1, 0.15) is 51.5 Å². The van der Waals surface area contributed by atoms with E-state index in [2.05, 4.69) is 19.2 Å². The molecule has 1 N–H and O–H groups in total. The zero-order valence-corrected chi connectivity index (χ0v) is 13.3. The Hall–Kier alpha value is -0.600.